The van der Waals surface area contributed by atoms with Gasteiger partial charge < -0.3 is 99.8 Å². The number of aromatic nitrogens is 1. The summed E-state index contributed by atoms with van der Waals surface area (Å²) in [5.74, 6) is -14.6. The van der Waals surface area contributed by atoms with Crippen LogP contribution in [0.1, 0.15) is 90.7 Å². The smallest absolute Gasteiger partial charge is 0.312 e. The zero-order valence-electron chi connectivity index (χ0n) is 53.2. The highest BCUT2D eigenvalue weighted by Crippen LogP contribution is 2.32. The Morgan fingerprint density at radius 3 is 2.09 bits per heavy atom. The molecule has 34 heteroatoms. The Morgan fingerprint density at radius 1 is 0.747 bits per heavy atom. The molecule has 1 saturated heterocycles. The van der Waals surface area contributed by atoms with E-state index in [-0.39, 0.29) is 43.8 Å². The van der Waals surface area contributed by atoms with E-state index in [1.165, 1.54) is 31.2 Å². The van der Waals surface area contributed by atoms with E-state index in [4.69, 9.17) is 10.8 Å². The van der Waals surface area contributed by atoms with Gasteiger partial charge in [0.25, 0.3) is 0 Å². The maximum Gasteiger partial charge on any atom is 0.312 e. The number of hydrogen-bond acceptors (Lipinski definition) is 18. The molecule has 2 bridgehead atoms. The number of aromatic amines is 1. The van der Waals surface area contributed by atoms with E-state index in [0.29, 0.717) is 33.5 Å². The second-order valence-corrected chi connectivity index (χ2v) is 25.0. The first-order valence-electron chi connectivity index (χ1n) is 31.1. The number of amides is 14. The maximum absolute atomic E-state index is 15.1. The first-order valence-corrected chi connectivity index (χ1v) is 32.1. The van der Waals surface area contributed by atoms with Gasteiger partial charge in [0.15, 0.2) is 0 Å². The molecular formula is C61H85N15O18S. The van der Waals surface area contributed by atoms with Crippen LogP contribution in [0.2, 0.25) is 0 Å². The lowest BCUT2D eigenvalue weighted by Crippen LogP contribution is -2.62. The quantitative estimate of drug-likeness (QED) is 0.0427. The summed E-state index contributed by atoms with van der Waals surface area (Å²) in [7, 11) is 0. The normalized spacial score (nSPS) is 22.6. The monoisotopic (exact) mass is 1350 g/mol. The highest BCUT2D eigenvalue weighted by Gasteiger charge is 2.45. The molecule has 3 aliphatic heterocycles. The molecule has 0 saturated carbocycles. The van der Waals surface area contributed by atoms with Gasteiger partial charge in [-0.25, -0.2) is 4.79 Å². The Morgan fingerprint density at radius 2 is 1.43 bits per heavy atom. The summed E-state index contributed by atoms with van der Waals surface area (Å²) in [5.41, 5.74) is 6.77. The maximum atomic E-state index is 15.1. The number of carbonyl (C=O) groups is 14. The van der Waals surface area contributed by atoms with Gasteiger partial charge in [-0.15, -0.1) is 11.8 Å². The van der Waals surface area contributed by atoms with Crippen LogP contribution in [-0.4, -0.2) is 212 Å². The van der Waals surface area contributed by atoms with Gasteiger partial charge >= 0.3 is 12.0 Å². The third kappa shape index (κ3) is 21.6. The fraction of sp³-hybridized carbons (Fsp3) is 0.541. The summed E-state index contributed by atoms with van der Waals surface area (Å²) in [6, 6.07) is -0.0813. The van der Waals surface area contributed by atoms with Crippen molar-refractivity contribution in [3.63, 3.8) is 0 Å². The minimum absolute atomic E-state index is 0.0187. The number of carboxylic acids is 1. The number of fused-ring (bicyclic) bond motifs is 5. The number of nitrogens with two attached hydrogens (primary N) is 1. The number of urea groups is 1. The van der Waals surface area contributed by atoms with Gasteiger partial charge in [-0.3, -0.25) is 62.3 Å². The summed E-state index contributed by atoms with van der Waals surface area (Å²) in [4.78, 5) is 196. The summed E-state index contributed by atoms with van der Waals surface area (Å²) in [6.45, 7) is 4.95. The molecule has 3 aromatic rings. The predicted octanol–water partition coefficient (Wildman–Crippen LogP) is -3.93. The van der Waals surface area contributed by atoms with Gasteiger partial charge in [0.2, 0.25) is 70.9 Å². The number of aliphatic hydroxyl groups excluding tert-OH is 3. The molecule has 1 aromatic heterocycles. The number of hydrogen-bond donors (Lipinski definition) is 18. The first-order chi connectivity index (χ1) is 45.1. The molecule has 3 aliphatic rings. The summed E-state index contributed by atoms with van der Waals surface area (Å²) in [6.07, 6.45) is -5.04. The fourth-order valence-corrected chi connectivity index (χ4v) is 11.9. The number of thioether (sulfide) groups is 1. The average Bonchev–Trinajstić information content (AvgIpc) is 1.74. The molecule has 518 valence electrons. The van der Waals surface area contributed by atoms with Crippen LogP contribution in [0, 0.1) is 17.8 Å². The number of anilines is 1. The molecule has 33 nitrogen and oxygen atoms in total. The van der Waals surface area contributed by atoms with Gasteiger partial charge in [-0.2, -0.15) is 0 Å². The molecule has 4 heterocycles. The number of rotatable bonds is 22. The molecule has 14 amide bonds. The zero-order chi connectivity index (χ0) is 69.8. The van der Waals surface area contributed by atoms with Crippen LogP contribution in [0.15, 0.2) is 53.6 Å². The Labute approximate surface area is 550 Å². The molecule has 12 atom stereocenters. The van der Waals surface area contributed by atoms with Crippen LogP contribution < -0.4 is 69.5 Å². The average molecular weight is 1350 g/mol. The van der Waals surface area contributed by atoms with E-state index in [0.717, 1.165) is 16.7 Å². The van der Waals surface area contributed by atoms with Gasteiger partial charge in [0, 0.05) is 67.2 Å². The number of aliphatic hydroxyl groups is 3. The minimum Gasteiger partial charge on any atom is -0.481 e. The van der Waals surface area contributed by atoms with Crippen molar-refractivity contribution in [2.45, 2.75) is 158 Å². The van der Waals surface area contributed by atoms with Crippen molar-refractivity contribution in [2.75, 3.05) is 43.9 Å². The molecule has 1 fully saturated rings. The zero-order valence-corrected chi connectivity index (χ0v) is 54.0. The standard InChI is InChI=1S/C61H85N15O18S/c1-6-30(4)50-56(90)66-24-46(82)68-41-28-95-59-36(35-10-7-8-11-37(35)72-59)21-39(52(86)65-25-47(83)74-50)70-58(92)51(31(5)43(79)27-77)75-55(89)42-20-34(78)26-76(42)60(93)40(71-54(41)88)22-45(81)64-23-32-13-15-33(16-14-32)67-53(87)38(12-9-19-63-61(62)94)69-57(91)49(29(2)3)73-44(80)17-18-48(84)85/h7-8,10-11,13-16,29-31,34,38-43,49-51,72,77-79H,6,9,12,17-28H2,1-5H3,(H,64,81)(H,65,86)(H,66,90)(H,67,87)(H,68,82)(H,69,91)(H,70,92)(H,71,88)(H,73,80)(H,74,83)(H,75,89)(H,84,85)(H3,62,63,94)/t30-,31-,34+,38-,39-,40-,41-,42-,43-,49-,50-,51-/m0/s1. The fourth-order valence-electron chi connectivity index (χ4n) is 10.8. The third-order valence-electron chi connectivity index (χ3n) is 16.4. The van der Waals surface area contributed by atoms with Crippen molar-refractivity contribution in [2.24, 2.45) is 23.5 Å². The van der Waals surface area contributed by atoms with Gasteiger partial charge in [0.05, 0.1) is 49.8 Å². The molecule has 0 spiro atoms. The molecule has 0 aliphatic carbocycles. The number of para-hydroxylation sites is 1. The van der Waals surface area contributed by atoms with E-state index in [1.807, 2.05) is 0 Å². The van der Waals surface area contributed by atoms with Gasteiger partial charge in [0.1, 0.15) is 48.3 Å². The van der Waals surface area contributed by atoms with E-state index >= 15 is 4.79 Å². The Kier molecular flexibility index (Phi) is 27.6. The van der Waals surface area contributed by atoms with Crippen LogP contribution in [0.3, 0.4) is 0 Å². The number of carbonyl (C=O) groups excluding carboxylic acids is 13. The third-order valence-corrected chi connectivity index (χ3v) is 17.6. The van der Waals surface area contributed by atoms with E-state index < -0.39 is 213 Å². The van der Waals surface area contributed by atoms with E-state index in [1.54, 1.807) is 52.0 Å². The highest BCUT2D eigenvalue weighted by atomic mass is 32.2. The lowest BCUT2D eigenvalue weighted by Gasteiger charge is -2.33. The number of H-pyrrole nitrogens is 1. The molecule has 0 radical (unpaired) electrons. The predicted molar refractivity (Wildman–Crippen MR) is 340 cm³/mol. The number of primary amides is 1. The minimum atomic E-state index is -1.87. The number of nitrogens with zero attached hydrogens (tertiary/aromatic N) is 1. The van der Waals surface area contributed by atoms with Gasteiger partial charge in [-0.1, -0.05) is 71.4 Å². The van der Waals surface area contributed by atoms with Crippen molar-refractivity contribution in [3.8, 4) is 0 Å². The second kappa shape index (κ2) is 35.2. The number of nitrogens with one attached hydrogen (secondary N) is 13. The molecule has 6 rings (SSSR count). The molecule has 19 N–H and O–H groups in total. The van der Waals surface area contributed by atoms with Crippen LogP contribution in [0.5, 0.6) is 0 Å². The van der Waals surface area contributed by atoms with E-state index in [2.05, 4.69) is 68.8 Å². The number of carboxylic acid groups (broad SMARTS) is 1. The summed E-state index contributed by atoms with van der Waals surface area (Å²) < 4.78 is 0. The lowest BCUT2D eigenvalue weighted by atomic mass is 9.93. The topological polar surface area (TPSA) is 509 Å². The Balaban J connectivity index is 1.32. The molecule has 95 heavy (non-hydrogen) atoms. The van der Waals surface area contributed by atoms with Crippen molar-refractivity contribution in [1.29, 1.82) is 0 Å². The van der Waals surface area contributed by atoms with Crippen molar-refractivity contribution in [3.05, 3.63) is 59.7 Å². The number of aliphatic carboxylic acids is 1. The van der Waals surface area contributed by atoms with Crippen LogP contribution in [0.4, 0.5) is 10.5 Å². The van der Waals surface area contributed by atoms with Crippen LogP contribution in [0.25, 0.3) is 10.9 Å². The van der Waals surface area contributed by atoms with Crippen molar-refractivity contribution >= 4 is 111 Å². The van der Waals surface area contributed by atoms with Gasteiger partial charge in [-0.05, 0) is 54.0 Å². The van der Waals surface area contributed by atoms with Crippen molar-refractivity contribution in [1.82, 2.24) is 68.4 Å². The van der Waals surface area contributed by atoms with Crippen LogP contribution in [-0.2, 0) is 75.3 Å². The first kappa shape index (κ1) is 74.6. The largest absolute Gasteiger partial charge is 0.481 e. The summed E-state index contributed by atoms with van der Waals surface area (Å²) in [5, 5.41) is 72.9. The lowest BCUT2D eigenvalue weighted by molar-refractivity contribution is -0.144. The van der Waals surface area contributed by atoms with E-state index in [9.17, 15) is 77.6 Å². The number of benzene rings is 2. The van der Waals surface area contributed by atoms with Crippen LogP contribution >= 0.6 is 11.8 Å². The summed E-state index contributed by atoms with van der Waals surface area (Å²) >= 11 is 0.978. The Bertz CT molecular complexity index is 3330. The second-order valence-electron chi connectivity index (χ2n) is 23.9. The Hall–Kier alpha value is -9.41. The molecular weight excluding hydrogens is 1260 g/mol. The molecule has 0 unspecified atom stereocenters. The SMILES string of the molecule is CC[C@H](C)[C@@H]1NC(=O)CNC(=O)[C@@H]2Cc3c([nH]c4ccccc34)SC[C@H](NC(=O)CNC1=O)C(=O)N[C@@H](CC(=O)NCc1ccc(NC(=O)[C@H](CCCNC(N)=O)NC(=O)[C@@H](NC(=O)CCC(=O)O)C(C)C)cc1)C(=O)N1C[C@H](O)C[C@H]1C(=O)N[C@@H]([C@@H](C)[C@@H](O)CO)C(=O)N2. The molecule has 2 aromatic carbocycles. The van der Waals surface area contributed by atoms with Crippen molar-refractivity contribution < 1.29 is 87.5 Å². The highest BCUT2D eigenvalue weighted by molar-refractivity contribution is 7.99.